The summed E-state index contributed by atoms with van der Waals surface area (Å²) in [6.07, 6.45) is 2.97. The normalized spacial score (nSPS) is 17.0. The summed E-state index contributed by atoms with van der Waals surface area (Å²) in [6, 6.07) is 5.03. The average molecular weight is 287 g/mol. The molecule has 1 aliphatic rings. The lowest BCUT2D eigenvalue weighted by atomic mass is 9.96. The van der Waals surface area contributed by atoms with E-state index in [2.05, 4.69) is 10.3 Å². The van der Waals surface area contributed by atoms with Crippen molar-refractivity contribution in [2.45, 2.75) is 38.1 Å². The molecule has 1 saturated carbocycles. The van der Waals surface area contributed by atoms with Gasteiger partial charge in [-0.05, 0) is 31.0 Å². The lowest BCUT2D eigenvalue weighted by Gasteiger charge is -2.26. The second-order valence-electron chi connectivity index (χ2n) is 5.52. The van der Waals surface area contributed by atoms with Crippen molar-refractivity contribution in [2.24, 2.45) is 5.73 Å². The van der Waals surface area contributed by atoms with Gasteiger partial charge in [-0.3, -0.25) is 9.59 Å². The first-order valence-electron chi connectivity index (χ1n) is 7.00. The first-order valence-corrected chi connectivity index (χ1v) is 7.00. The second-order valence-corrected chi connectivity index (χ2v) is 5.52. The van der Waals surface area contributed by atoms with Crippen LogP contribution < -0.4 is 11.1 Å². The zero-order valence-electron chi connectivity index (χ0n) is 11.8. The van der Waals surface area contributed by atoms with Gasteiger partial charge in [-0.1, -0.05) is 12.8 Å². The molecule has 0 radical (unpaired) electrons. The number of carbonyl (C=O) groups excluding carboxylic acids is 2. The molecule has 1 aromatic heterocycles. The molecule has 6 nitrogen and oxygen atoms in total. The van der Waals surface area contributed by atoms with Crippen molar-refractivity contribution in [2.75, 3.05) is 0 Å². The first kappa shape index (κ1) is 13.6. The van der Waals surface area contributed by atoms with Crippen LogP contribution in [0.4, 0.5) is 0 Å². The van der Waals surface area contributed by atoms with Gasteiger partial charge < -0.3 is 15.5 Å². The van der Waals surface area contributed by atoms with Gasteiger partial charge in [0.1, 0.15) is 11.1 Å². The van der Waals surface area contributed by atoms with Gasteiger partial charge in [-0.2, -0.15) is 0 Å². The van der Waals surface area contributed by atoms with E-state index in [1.54, 1.807) is 25.1 Å². The van der Waals surface area contributed by atoms with E-state index in [-0.39, 0.29) is 5.91 Å². The minimum Gasteiger partial charge on any atom is -0.441 e. The Hall–Kier alpha value is -2.37. The molecule has 0 unspecified atom stereocenters. The van der Waals surface area contributed by atoms with Crippen LogP contribution in [0.3, 0.4) is 0 Å². The van der Waals surface area contributed by atoms with Gasteiger partial charge in [-0.25, -0.2) is 4.98 Å². The number of hydrogen-bond acceptors (Lipinski definition) is 4. The molecule has 2 aromatic rings. The maximum absolute atomic E-state index is 12.4. The van der Waals surface area contributed by atoms with Gasteiger partial charge in [0.2, 0.25) is 5.91 Å². The van der Waals surface area contributed by atoms with Crippen molar-refractivity contribution < 1.29 is 14.0 Å². The third-order valence-corrected chi connectivity index (χ3v) is 4.04. The maximum Gasteiger partial charge on any atom is 0.252 e. The fraction of sp³-hybridized carbons (Fsp3) is 0.400. The minimum absolute atomic E-state index is 0.313. The van der Waals surface area contributed by atoms with E-state index in [1.165, 1.54) is 0 Å². The Balaban J connectivity index is 1.87. The monoisotopic (exact) mass is 287 g/mol. The molecule has 0 saturated heterocycles. The lowest BCUT2D eigenvalue weighted by Crippen LogP contribution is -2.55. The number of hydrogen-bond donors (Lipinski definition) is 2. The van der Waals surface area contributed by atoms with E-state index < -0.39 is 11.4 Å². The molecule has 1 aliphatic carbocycles. The predicted octanol–water partition coefficient (Wildman–Crippen LogP) is 1.66. The fourth-order valence-corrected chi connectivity index (χ4v) is 2.88. The highest BCUT2D eigenvalue weighted by Gasteiger charge is 2.41. The summed E-state index contributed by atoms with van der Waals surface area (Å²) >= 11 is 0. The number of oxazole rings is 1. The van der Waals surface area contributed by atoms with Crippen LogP contribution in [-0.4, -0.2) is 22.3 Å². The van der Waals surface area contributed by atoms with E-state index in [1.807, 2.05) is 0 Å². The molecule has 1 aromatic carbocycles. The van der Waals surface area contributed by atoms with Crippen LogP contribution in [0.25, 0.3) is 11.1 Å². The Kier molecular flexibility index (Phi) is 3.16. The van der Waals surface area contributed by atoms with Gasteiger partial charge in [-0.15, -0.1) is 0 Å². The second kappa shape index (κ2) is 4.87. The topological polar surface area (TPSA) is 98.2 Å². The molecule has 0 spiro atoms. The van der Waals surface area contributed by atoms with Gasteiger partial charge in [0.25, 0.3) is 5.91 Å². The van der Waals surface area contributed by atoms with Crippen molar-refractivity contribution in [1.82, 2.24) is 10.3 Å². The van der Waals surface area contributed by atoms with Gasteiger partial charge in [0.15, 0.2) is 11.5 Å². The highest BCUT2D eigenvalue weighted by molar-refractivity contribution is 6.00. The number of primary amides is 1. The number of nitrogens with one attached hydrogen (secondary N) is 1. The van der Waals surface area contributed by atoms with Crippen LogP contribution in [0.2, 0.25) is 0 Å². The molecule has 2 amide bonds. The number of carbonyl (C=O) groups is 2. The van der Waals surface area contributed by atoms with Crippen LogP contribution in [0, 0.1) is 6.92 Å². The number of nitrogens with two attached hydrogens (primary N) is 1. The standard InChI is InChI=1S/C15H17N3O3/c1-9-17-11-5-4-10(8-12(11)21-9)13(19)18-15(14(16)20)6-2-3-7-15/h4-5,8H,2-3,6-7H2,1H3,(H2,16,20)(H,18,19). The Morgan fingerprint density at radius 2 is 2.05 bits per heavy atom. The summed E-state index contributed by atoms with van der Waals surface area (Å²) in [4.78, 5) is 28.3. The summed E-state index contributed by atoms with van der Waals surface area (Å²) in [5, 5.41) is 2.80. The SMILES string of the molecule is Cc1nc2ccc(C(=O)NC3(C(N)=O)CCCC3)cc2o1. The molecule has 21 heavy (non-hydrogen) atoms. The van der Waals surface area contributed by atoms with E-state index in [4.69, 9.17) is 10.2 Å². The zero-order valence-corrected chi connectivity index (χ0v) is 11.8. The molecule has 3 N–H and O–H groups in total. The molecule has 1 fully saturated rings. The summed E-state index contributed by atoms with van der Waals surface area (Å²) in [7, 11) is 0. The first-order chi connectivity index (χ1) is 10.00. The van der Waals surface area contributed by atoms with Crippen LogP contribution in [0.15, 0.2) is 22.6 Å². The highest BCUT2D eigenvalue weighted by Crippen LogP contribution is 2.30. The van der Waals surface area contributed by atoms with E-state index in [9.17, 15) is 9.59 Å². The zero-order chi connectivity index (χ0) is 15.0. The number of benzene rings is 1. The molecule has 0 atom stereocenters. The minimum atomic E-state index is -0.913. The Morgan fingerprint density at radius 3 is 2.71 bits per heavy atom. The van der Waals surface area contributed by atoms with Crippen molar-refractivity contribution in [3.8, 4) is 0 Å². The average Bonchev–Trinajstić information content (AvgIpc) is 3.03. The molecular weight excluding hydrogens is 270 g/mol. The Bertz CT molecular complexity index is 714. The maximum atomic E-state index is 12.4. The lowest BCUT2D eigenvalue weighted by molar-refractivity contribution is -0.123. The van der Waals surface area contributed by atoms with Crippen LogP contribution in [0.5, 0.6) is 0 Å². The summed E-state index contributed by atoms with van der Waals surface area (Å²) in [5.74, 6) is -0.233. The molecule has 0 bridgehead atoms. The van der Waals surface area contributed by atoms with E-state index in [0.717, 1.165) is 12.8 Å². The number of fused-ring (bicyclic) bond motifs is 1. The predicted molar refractivity (Wildman–Crippen MR) is 76.6 cm³/mol. The highest BCUT2D eigenvalue weighted by atomic mass is 16.3. The third kappa shape index (κ3) is 2.37. The van der Waals surface area contributed by atoms with Crippen molar-refractivity contribution in [3.05, 3.63) is 29.7 Å². The number of rotatable bonds is 3. The molecule has 3 rings (SSSR count). The number of nitrogens with zero attached hydrogens (tertiary/aromatic N) is 1. The van der Waals surface area contributed by atoms with Crippen LogP contribution in [-0.2, 0) is 4.79 Å². The smallest absolute Gasteiger partial charge is 0.252 e. The van der Waals surface area contributed by atoms with Crippen LogP contribution in [0.1, 0.15) is 41.9 Å². The molecule has 6 heteroatoms. The summed E-state index contributed by atoms with van der Waals surface area (Å²) in [5.41, 5.74) is 6.25. The van der Waals surface area contributed by atoms with Gasteiger partial charge >= 0.3 is 0 Å². The number of aryl methyl sites for hydroxylation is 1. The van der Waals surface area contributed by atoms with E-state index in [0.29, 0.717) is 35.4 Å². The Labute approximate surface area is 121 Å². The van der Waals surface area contributed by atoms with Crippen LogP contribution >= 0.6 is 0 Å². The molecule has 0 aliphatic heterocycles. The van der Waals surface area contributed by atoms with Gasteiger partial charge in [0, 0.05) is 12.5 Å². The largest absolute Gasteiger partial charge is 0.441 e. The molecular formula is C15H17N3O3. The van der Waals surface area contributed by atoms with Crippen molar-refractivity contribution in [3.63, 3.8) is 0 Å². The summed E-state index contributed by atoms with van der Waals surface area (Å²) in [6.45, 7) is 1.75. The molecule has 110 valence electrons. The van der Waals surface area contributed by atoms with Gasteiger partial charge in [0.05, 0.1) is 0 Å². The number of amides is 2. The van der Waals surface area contributed by atoms with Crippen molar-refractivity contribution in [1.29, 1.82) is 0 Å². The quantitative estimate of drug-likeness (QED) is 0.897. The number of aromatic nitrogens is 1. The Morgan fingerprint density at radius 1 is 1.33 bits per heavy atom. The molecule has 1 heterocycles. The van der Waals surface area contributed by atoms with Crippen molar-refractivity contribution >= 4 is 22.9 Å². The van der Waals surface area contributed by atoms with E-state index >= 15 is 0 Å². The summed E-state index contributed by atoms with van der Waals surface area (Å²) < 4.78 is 5.42. The third-order valence-electron chi connectivity index (χ3n) is 4.04. The fourth-order valence-electron chi connectivity index (χ4n) is 2.88.